The predicted molar refractivity (Wildman–Crippen MR) is 92.3 cm³/mol. The third-order valence-electron chi connectivity index (χ3n) is 4.63. The summed E-state index contributed by atoms with van der Waals surface area (Å²) in [4.78, 5) is 14.5. The highest BCUT2D eigenvalue weighted by Crippen LogP contribution is 2.32. The Morgan fingerprint density at radius 2 is 2.39 bits per heavy atom. The summed E-state index contributed by atoms with van der Waals surface area (Å²) in [6, 6.07) is 2.10. The van der Waals surface area contributed by atoms with Gasteiger partial charge in [0.25, 0.3) is 5.91 Å². The Labute approximate surface area is 142 Å². The Morgan fingerprint density at radius 1 is 1.48 bits per heavy atom. The van der Waals surface area contributed by atoms with E-state index < -0.39 is 0 Å². The monoisotopic (exact) mass is 337 g/mol. The highest BCUT2D eigenvalue weighted by atomic mass is 32.1. The third kappa shape index (κ3) is 4.78. The first kappa shape index (κ1) is 16.9. The van der Waals surface area contributed by atoms with Crippen LogP contribution in [0.3, 0.4) is 0 Å². The van der Waals surface area contributed by atoms with Crippen LogP contribution in [-0.4, -0.2) is 38.4 Å². The number of hydrogen-bond donors (Lipinski definition) is 1. The van der Waals surface area contributed by atoms with E-state index in [9.17, 15) is 4.79 Å². The summed E-state index contributed by atoms with van der Waals surface area (Å²) in [7, 11) is 0. The van der Waals surface area contributed by atoms with Crippen LogP contribution in [0.25, 0.3) is 0 Å². The molecule has 4 nitrogen and oxygen atoms in total. The van der Waals surface area contributed by atoms with Gasteiger partial charge in [-0.15, -0.1) is 11.3 Å². The topological polar surface area (TPSA) is 47.6 Å². The molecule has 5 heteroatoms. The summed E-state index contributed by atoms with van der Waals surface area (Å²) in [6.45, 7) is 5.19. The van der Waals surface area contributed by atoms with E-state index in [1.807, 2.05) is 0 Å². The van der Waals surface area contributed by atoms with Gasteiger partial charge >= 0.3 is 0 Å². The molecule has 1 saturated heterocycles. The second kappa shape index (κ2) is 8.27. The molecule has 2 heterocycles. The van der Waals surface area contributed by atoms with E-state index in [1.54, 1.807) is 11.3 Å². The molecule has 1 N–H and O–H groups in total. The van der Waals surface area contributed by atoms with Crippen molar-refractivity contribution in [3.8, 4) is 0 Å². The highest BCUT2D eigenvalue weighted by Gasteiger charge is 2.20. The molecule has 0 radical (unpaired) electrons. The van der Waals surface area contributed by atoms with Crippen molar-refractivity contribution >= 4 is 17.2 Å². The molecule has 1 aromatic rings. The molecule has 1 aromatic heterocycles. The number of carbonyl (C=O) groups is 1. The maximum atomic E-state index is 12.2. The molecule has 0 saturated carbocycles. The van der Waals surface area contributed by atoms with Crippen molar-refractivity contribution in [1.29, 1.82) is 0 Å². The maximum Gasteiger partial charge on any atom is 0.261 e. The third-order valence-corrected chi connectivity index (χ3v) is 5.87. The van der Waals surface area contributed by atoms with Crippen molar-refractivity contribution in [3.63, 3.8) is 0 Å². The maximum absolute atomic E-state index is 12.2. The summed E-state index contributed by atoms with van der Waals surface area (Å²) in [5.41, 5.74) is 1.39. The van der Waals surface area contributed by atoms with Crippen LogP contribution in [0.4, 0.5) is 0 Å². The second-order valence-corrected chi connectivity index (χ2v) is 7.86. The van der Waals surface area contributed by atoms with Gasteiger partial charge in [-0.3, -0.25) is 4.79 Å². The summed E-state index contributed by atoms with van der Waals surface area (Å²) in [5, 5.41) is 3.01. The number of ether oxygens (including phenoxy) is 2. The van der Waals surface area contributed by atoms with E-state index in [4.69, 9.17) is 9.47 Å². The highest BCUT2D eigenvalue weighted by molar-refractivity contribution is 7.14. The number of nitrogens with one attached hydrogen (secondary N) is 1. The minimum atomic E-state index is 0.0659. The second-order valence-electron chi connectivity index (χ2n) is 6.73. The lowest BCUT2D eigenvalue weighted by Crippen LogP contribution is -2.25. The van der Waals surface area contributed by atoms with Crippen LogP contribution in [0, 0.1) is 5.92 Å². The fraction of sp³-hybridized carbons (Fsp3) is 0.722. The van der Waals surface area contributed by atoms with Gasteiger partial charge in [0.2, 0.25) is 0 Å². The van der Waals surface area contributed by atoms with Crippen molar-refractivity contribution in [1.82, 2.24) is 5.32 Å². The number of rotatable bonds is 7. The van der Waals surface area contributed by atoms with Gasteiger partial charge in [0.1, 0.15) is 0 Å². The van der Waals surface area contributed by atoms with E-state index in [2.05, 4.69) is 18.3 Å². The molecule has 1 aliphatic carbocycles. The minimum absolute atomic E-state index is 0.0659. The largest absolute Gasteiger partial charge is 0.379 e. The predicted octanol–water partition coefficient (Wildman–Crippen LogP) is 3.19. The lowest BCUT2D eigenvalue weighted by Gasteiger charge is -2.16. The molecule has 0 spiro atoms. The van der Waals surface area contributed by atoms with Gasteiger partial charge in [0.15, 0.2) is 0 Å². The van der Waals surface area contributed by atoms with Gasteiger partial charge in [-0.25, -0.2) is 0 Å². The molecule has 1 aliphatic heterocycles. The van der Waals surface area contributed by atoms with Crippen molar-refractivity contribution < 1.29 is 14.3 Å². The molecule has 1 amide bonds. The fourth-order valence-corrected chi connectivity index (χ4v) is 4.40. The van der Waals surface area contributed by atoms with Crippen LogP contribution in [0.2, 0.25) is 0 Å². The zero-order valence-electron chi connectivity index (χ0n) is 13.9. The SMILES string of the molecule is CC1CCc2sc(C(=O)NCCCOCC3CCCO3)cc2C1. The van der Waals surface area contributed by atoms with E-state index in [0.29, 0.717) is 19.8 Å². The van der Waals surface area contributed by atoms with Crippen molar-refractivity contribution in [2.24, 2.45) is 5.92 Å². The van der Waals surface area contributed by atoms with Crippen LogP contribution in [0.1, 0.15) is 52.7 Å². The summed E-state index contributed by atoms with van der Waals surface area (Å²) in [6.07, 6.45) is 6.88. The van der Waals surface area contributed by atoms with Crippen molar-refractivity contribution in [2.75, 3.05) is 26.4 Å². The Hall–Kier alpha value is -0.910. The molecular weight excluding hydrogens is 310 g/mol. The van der Waals surface area contributed by atoms with Gasteiger partial charge in [0.05, 0.1) is 17.6 Å². The molecule has 23 heavy (non-hydrogen) atoms. The van der Waals surface area contributed by atoms with Gasteiger partial charge in [-0.05, 0) is 56.1 Å². The molecule has 2 atom stereocenters. The molecule has 0 aromatic carbocycles. The number of fused-ring (bicyclic) bond motifs is 1. The van der Waals surface area contributed by atoms with Gasteiger partial charge in [-0.2, -0.15) is 0 Å². The molecular formula is C18H27NO3S. The van der Waals surface area contributed by atoms with Gasteiger partial charge in [0, 0.05) is 24.6 Å². The first-order valence-corrected chi connectivity index (χ1v) is 9.63. The Morgan fingerprint density at radius 3 is 3.22 bits per heavy atom. The number of aryl methyl sites for hydroxylation is 1. The molecule has 3 rings (SSSR count). The molecule has 2 aliphatic rings. The average molecular weight is 337 g/mol. The zero-order valence-corrected chi connectivity index (χ0v) is 14.8. The van der Waals surface area contributed by atoms with Crippen LogP contribution in [-0.2, 0) is 22.3 Å². The lowest BCUT2D eigenvalue weighted by atomic mass is 9.90. The summed E-state index contributed by atoms with van der Waals surface area (Å²) < 4.78 is 11.1. The van der Waals surface area contributed by atoms with Crippen LogP contribution in [0.15, 0.2) is 6.07 Å². The van der Waals surface area contributed by atoms with Crippen molar-refractivity contribution in [3.05, 3.63) is 21.4 Å². The Kier molecular flexibility index (Phi) is 6.08. The molecule has 2 unspecified atom stereocenters. The molecule has 1 fully saturated rings. The Bertz CT molecular complexity index is 522. The smallest absolute Gasteiger partial charge is 0.261 e. The van der Waals surface area contributed by atoms with E-state index in [-0.39, 0.29) is 12.0 Å². The van der Waals surface area contributed by atoms with Gasteiger partial charge in [-0.1, -0.05) is 6.92 Å². The zero-order chi connectivity index (χ0) is 16.1. The lowest BCUT2D eigenvalue weighted by molar-refractivity contribution is 0.0166. The van der Waals surface area contributed by atoms with E-state index in [1.165, 1.54) is 16.9 Å². The number of carbonyl (C=O) groups excluding carboxylic acids is 1. The standard InChI is InChI=1S/C18H27NO3S/c1-13-5-6-16-14(10-13)11-17(23-16)18(20)19-7-3-8-21-12-15-4-2-9-22-15/h11,13,15H,2-10,12H2,1H3,(H,19,20). The molecule has 0 bridgehead atoms. The quantitative estimate of drug-likeness (QED) is 0.777. The Balaban J connectivity index is 1.33. The van der Waals surface area contributed by atoms with E-state index >= 15 is 0 Å². The van der Waals surface area contributed by atoms with Crippen molar-refractivity contribution in [2.45, 2.75) is 51.6 Å². The fourth-order valence-electron chi connectivity index (χ4n) is 3.27. The van der Waals surface area contributed by atoms with Crippen LogP contribution in [0.5, 0.6) is 0 Å². The normalized spacial score (nSPS) is 23.7. The van der Waals surface area contributed by atoms with Crippen LogP contribution < -0.4 is 5.32 Å². The van der Waals surface area contributed by atoms with E-state index in [0.717, 1.165) is 49.5 Å². The summed E-state index contributed by atoms with van der Waals surface area (Å²) >= 11 is 1.67. The van der Waals surface area contributed by atoms with Crippen LogP contribution >= 0.6 is 11.3 Å². The summed E-state index contributed by atoms with van der Waals surface area (Å²) in [5.74, 6) is 0.810. The number of amides is 1. The average Bonchev–Trinajstić information content (AvgIpc) is 3.19. The molecule has 128 valence electrons. The first-order chi connectivity index (χ1) is 11.2. The van der Waals surface area contributed by atoms with Gasteiger partial charge < -0.3 is 14.8 Å². The minimum Gasteiger partial charge on any atom is -0.379 e. The number of hydrogen-bond acceptors (Lipinski definition) is 4. The number of thiophene rings is 1. The first-order valence-electron chi connectivity index (χ1n) is 8.81.